The highest BCUT2D eigenvalue weighted by Crippen LogP contribution is 2.44. The standard InChI is InChI=1S/C22H31N3O5S/c1-24-14-11-22(10-7-20(24)26)15-18(17-5-3-4-6-19(17)30-22)23-21(27)16-8-12-25(13-9-16)31(2,28)29/h3-6,16,18H,7-15H2,1-2H3,(H,23,27)/t18-,22-/m0/s1. The summed E-state index contributed by atoms with van der Waals surface area (Å²) < 4.78 is 31.4. The molecule has 0 aliphatic carbocycles. The van der Waals surface area contributed by atoms with Gasteiger partial charge in [0.05, 0.1) is 12.3 Å². The number of hydrogen-bond acceptors (Lipinski definition) is 5. The van der Waals surface area contributed by atoms with Crippen molar-refractivity contribution in [1.82, 2.24) is 14.5 Å². The second kappa shape index (κ2) is 8.43. The molecule has 2 saturated heterocycles. The Morgan fingerprint density at radius 1 is 1.16 bits per heavy atom. The summed E-state index contributed by atoms with van der Waals surface area (Å²) >= 11 is 0. The minimum Gasteiger partial charge on any atom is -0.487 e. The molecule has 9 heteroatoms. The summed E-state index contributed by atoms with van der Waals surface area (Å²) in [7, 11) is -1.40. The van der Waals surface area contributed by atoms with Crippen molar-refractivity contribution in [2.24, 2.45) is 5.92 Å². The van der Waals surface area contributed by atoms with Gasteiger partial charge in [-0.05, 0) is 25.3 Å². The molecule has 1 aromatic carbocycles. The molecule has 0 bridgehead atoms. The molecule has 8 nitrogen and oxygen atoms in total. The van der Waals surface area contributed by atoms with E-state index in [4.69, 9.17) is 4.74 Å². The number of benzene rings is 1. The van der Waals surface area contributed by atoms with Gasteiger partial charge in [0.25, 0.3) is 0 Å². The number of ether oxygens (including phenoxy) is 1. The van der Waals surface area contributed by atoms with Crippen molar-refractivity contribution in [3.8, 4) is 5.75 Å². The number of likely N-dealkylation sites (tertiary alicyclic amines) is 1. The third-order valence-electron chi connectivity index (χ3n) is 6.93. The average Bonchev–Trinajstić information content (AvgIpc) is 2.87. The number of fused-ring (bicyclic) bond motifs is 1. The number of nitrogens with one attached hydrogen (secondary N) is 1. The van der Waals surface area contributed by atoms with Crippen LogP contribution in [0.25, 0.3) is 0 Å². The number of carbonyl (C=O) groups is 2. The van der Waals surface area contributed by atoms with E-state index in [1.54, 1.807) is 4.90 Å². The second-order valence-electron chi connectivity index (χ2n) is 9.09. The lowest BCUT2D eigenvalue weighted by Gasteiger charge is -2.42. The predicted molar refractivity (Wildman–Crippen MR) is 116 cm³/mol. The van der Waals surface area contributed by atoms with Crippen LogP contribution in [-0.4, -0.2) is 68.0 Å². The minimum absolute atomic E-state index is 0.0354. The van der Waals surface area contributed by atoms with Crippen LogP contribution in [0.15, 0.2) is 24.3 Å². The average molecular weight is 450 g/mol. The third-order valence-corrected chi connectivity index (χ3v) is 8.23. The van der Waals surface area contributed by atoms with Crippen LogP contribution in [-0.2, 0) is 19.6 Å². The molecule has 3 heterocycles. The van der Waals surface area contributed by atoms with E-state index in [9.17, 15) is 18.0 Å². The van der Waals surface area contributed by atoms with Gasteiger partial charge in [0.1, 0.15) is 11.4 Å². The number of amides is 2. The zero-order valence-corrected chi connectivity index (χ0v) is 19.0. The molecule has 2 fully saturated rings. The Balaban J connectivity index is 1.49. The Hall–Kier alpha value is -2.13. The van der Waals surface area contributed by atoms with Crippen molar-refractivity contribution in [3.63, 3.8) is 0 Å². The Labute approximate surface area is 184 Å². The van der Waals surface area contributed by atoms with E-state index >= 15 is 0 Å². The topological polar surface area (TPSA) is 96.0 Å². The maximum absolute atomic E-state index is 13.1. The molecule has 0 unspecified atom stereocenters. The number of para-hydroxylation sites is 1. The van der Waals surface area contributed by atoms with Gasteiger partial charge in [-0.15, -0.1) is 0 Å². The molecule has 3 aliphatic rings. The second-order valence-corrected chi connectivity index (χ2v) is 11.1. The molecule has 0 radical (unpaired) electrons. The Morgan fingerprint density at radius 2 is 1.87 bits per heavy atom. The SMILES string of the molecule is CN1CC[C@@]2(CCC1=O)C[C@H](NC(=O)C1CCN(S(C)(=O)=O)CC1)c1ccccc1O2. The number of hydrogen-bond donors (Lipinski definition) is 1. The molecule has 4 rings (SSSR count). The van der Waals surface area contributed by atoms with Gasteiger partial charge in [0.15, 0.2) is 0 Å². The molecule has 0 saturated carbocycles. The first kappa shape index (κ1) is 22.1. The van der Waals surface area contributed by atoms with Gasteiger partial charge in [-0.1, -0.05) is 18.2 Å². The lowest BCUT2D eigenvalue weighted by atomic mass is 9.82. The van der Waals surface area contributed by atoms with Gasteiger partial charge in [-0.2, -0.15) is 0 Å². The normalized spacial score (nSPS) is 28.0. The third kappa shape index (κ3) is 4.72. The van der Waals surface area contributed by atoms with Crippen LogP contribution < -0.4 is 10.1 Å². The number of carbonyl (C=O) groups excluding carboxylic acids is 2. The zero-order chi connectivity index (χ0) is 22.2. The van der Waals surface area contributed by atoms with E-state index in [1.807, 2.05) is 31.3 Å². The summed E-state index contributed by atoms with van der Waals surface area (Å²) in [6, 6.07) is 7.58. The van der Waals surface area contributed by atoms with Crippen molar-refractivity contribution in [2.75, 3.05) is 32.9 Å². The van der Waals surface area contributed by atoms with Crippen molar-refractivity contribution < 1.29 is 22.7 Å². The fraction of sp³-hybridized carbons (Fsp3) is 0.636. The van der Waals surface area contributed by atoms with Gasteiger partial charge < -0.3 is 15.0 Å². The lowest BCUT2D eigenvalue weighted by Crippen LogP contribution is -2.48. The molecule has 2 atom stereocenters. The first-order chi connectivity index (χ1) is 14.7. The highest BCUT2D eigenvalue weighted by atomic mass is 32.2. The lowest BCUT2D eigenvalue weighted by molar-refractivity contribution is -0.130. The molecular formula is C22H31N3O5S. The van der Waals surface area contributed by atoms with E-state index < -0.39 is 15.6 Å². The van der Waals surface area contributed by atoms with Crippen molar-refractivity contribution in [3.05, 3.63) is 29.8 Å². The quantitative estimate of drug-likeness (QED) is 0.758. The van der Waals surface area contributed by atoms with E-state index in [2.05, 4.69) is 5.32 Å². The molecule has 0 aromatic heterocycles. The minimum atomic E-state index is -3.22. The van der Waals surface area contributed by atoms with Crippen LogP contribution in [0.2, 0.25) is 0 Å². The summed E-state index contributed by atoms with van der Waals surface area (Å²) in [5.74, 6) is 0.651. The van der Waals surface area contributed by atoms with E-state index in [0.29, 0.717) is 51.7 Å². The first-order valence-electron chi connectivity index (χ1n) is 10.9. The fourth-order valence-electron chi connectivity index (χ4n) is 4.94. The van der Waals surface area contributed by atoms with Crippen LogP contribution in [0.1, 0.15) is 50.1 Å². The Bertz CT molecular complexity index is 958. The van der Waals surface area contributed by atoms with Gasteiger partial charge in [0.2, 0.25) is 21.8 Å². The molecule has 1 spiro atoms. The van der Waals surface area contributed by atoms with Crippen molar-refractivity contribution >= 4 is 21.8 Å². The monoisotopic (exact) mass is 449 g/mol. The smallest absolute Gasteiger partial charge is 0.223 e. The number of nitrogens with zero attached hydrogens (tertiary/aromatic N) is 2. The summed E-state index contributed by atoms with van der Waals surface area (Å²) in [6.07, 6.45) is 4.66. The molecule has 3 aliphatic heterocycles. The number of piperidine rings is 1. The van der Waals surface area contributed by atoms with Crippen molar-refractivity contribution in [2.45, 2.75) is 50.2 Å². The van der Waals surface area contributed by atoms with Crippen LogP contribution in [0.3, 0.4) is 0 Å². The summed E-state index contributed by atoms with van der Waals surface area (Å²) in [5.41, 5.74) is 0.478. The van der Waals surface area contributed by atoms with E-state index in [0.717, 1.165) is 17.7 Å². The maximum Gasteiger partial charge on any atom is 0.223 e. The molecule has 2 amide bonds. The van der Waals surface area contributed by atoms with E-state index in [-0.39, 0.29) is 23.8 Å². The van der Waals surface area contributed by atoms with Gasteiger partial charge >= 0.3 is 0 Å². The van der Waals surface area contributed by atoms with Crippen LogP contribution in [0.5, 0.6) is 5.75 Å². The molecule has 170 valence electrons. The molecule has 1 N–H and O–H groups in total. The Morgan fingerprint density at radius 3 is 2.58 bits per heavy atom. The predicted octanol–water partition coefficient (Wildman–Crippen LogP) is 1.68. The summed E-state index contributed by atoms with van der Waals surface area (Å²) in [4.78, 5) is 27.0. The van der Waals surface area contributed by atoms with Gasteiger partial charge in [-0.3, -0.25) is 9.59 Å². The largest absolute Gasteiger partial charge is 0.487 e. The van der Waals surface area contributed by atoms with Gasteiger partial charge in [0, 0.05) is 57.4 Å². The summed E-state index contributed by atoms with van der Waals surface area (Å²) in [6.45, 7) is 1.38. The first-order valence-corrected chi connectivity index (χ1v) is 12.8. The molecular weight excluding hydrogens is 418 g/mol. The van der Waals surface area contributed by atoms with Crippen LogP contribution in [0.4, 0.5) is 0 Å². The molecule has 31 heavy (non-hydrogen) atoms. The zero-order valence-electron chi connectivity index (χ0n) is 18.2. The van der Waals surface area contributed by atoms with Gasteiger partial charge in [-0.25, -0.2) is 12.7 Å². The highest BCUT2D eigenvalue weighted by Gasteiger charge is 2.44. The number of rotatable bonds is 3. The maximum atomic E-state index is 13.1. The Kier molecular flexibility index (Phi) is 6.00. The van der Waals surface area contributed by atoms with E-state index in [1.165, 1.54) is 10.6 Å². The number of sulfonamides is 1. The van der Waals surface area contributed by atoms with Crippen molar-refractivity contribution in [1.29, 1.82) is 0 Å². The van der Waals surface area contributed by atoms with Crippen LogP contribution >= 0.6 is 0 Å². The summed E-state index contributed by atoms with van der Waals surface area (Å²) in [5, 5.41) is 3.23. The highest BCUT2D eigenvalue weighted by molar-refractivity contribution is 7.88. The van der Waals surface area contributed by atoms with Crippen LogP contribution in [0, 0.1) is 5.92 Å². The molecule has 1 aromatic rings. The fourth-order valence-corrected chi connectivity index (χ4v) is 5.81.